The fourth-order valence-electron chi connectivity index (χ4n) is 2.54. The molecule has 0 fully saturated rings. The highest BCUT2D eigenvalue weighted by Crippen LogP contribution is 2.32. The highest BCUT2D eigenvalue weighted by Gasteiger charge is 2.38. The number of hydrogen-bond donors (Lipinski definition) is 2. The van der Waals surface area contributed by atoms with Crippen molar-refractivity contribution in [2.45, 2.75) is 5.60 Å². The molecule has 1 atom stereocenters. The number of primary amides is 1. The molecule has 0 spiro atoms. The molecule has 0 heterocycles. The Balaban J connectivity index is 2.01. The minimum atomic E-state index is -1.92. The van der Waals surface area contributed by atoms with Gasteiger partial charge in [-0.3, -0.25) is 4.79 Å². The van der Waals surface area contributed by atoms with Crippen LogP contribution in [-0.4, -0.2) is 11.0 Å². The zero-order valence-corrected chi connectivity index (χ0v) is 12.9. The molecule has 0 bridgehead atoms. The number of nitrogens with two attached hydrogens (primary N) is 1. The van der Waals surface area contributed by atoms with E-state index in [1.165, 1.54) is 0 Å². The first-order chi connectivity index (χ1) is 11.6. The third-order valence-corrected chi connectivity index (χ3v) is 3.78. The third kappa shape index (κ3) is 3.00. The molecule has 0 saturated heterocycles. The summed E-state index contributed by atoms with van der Waals surface area (Å²) >= 11 is 0. The fourth-order valence-corrected chi connectivity index (χ4v) is 2.54. The molecule has 0 aliphatic heterocycles. The van der Waals surface area contributed by atoms with E-state index in [2.05, 4.69) is 0 Å². The molecule has 4 nitrogen and oxygen atoms in total. The average molecular weight is 319 g/mol. The third-order valence-electron chi connectivity index (χ3n) is 3.78. The van der Waals surface area contributed by atoms with E-state index in [0.29, 0.717) is 22.6 Å². The van der Waals surface area contributed by atoms with Gasteiger partial charge in [0, 0.05) is 5.56 Å². The Hall–Kier alpha value is -3.11. The van der Waals surface area contributed by atoms with Gasteiger partial charge in [0.2, 0.25) is 0 Å². The molecule has 0 aromatic heterocycles. The fraction of sp³-hybridized carbons (Fsp3) is 0.0500. The lowest BCUT2D eigenvalue weighted by Crippen LogP contribution is -2.42. The number of amides is 1. The number of carbonyl (C=O) groups excluding carboxylic acids is 1. The van der Waals surface area contributed by atoms with Gasteiger partial charge < -0.3 is 15.6 Å². The summed E-state index contributed by atoms with van der Waals surface area (Å²) in [6.45, 7) is 0. The molecule has 4 heteroatoms. The van der Waals surface area contributed by atoms with Crippen LogP contribution in [-0.2, 0) is 10.4 Å². The van der Waals surface area contributed by atoms with E-state index >= 15 is 0 Å². The van der Waals surface area contributed by atoms with Crippen molar-refractivity contribution in [2.24, 2.45) is 5.73 Å². The molecule has 0 aliphatic rings. The van der Waals surface area contributed by atoms with Crippen molar-refractivity contribution in [3.63, 3.8) is 0 Å². The average Bonchev–Trinajstić information content (AvgIpc) is 2.62. The Morgan fingerprint density at radius 1 is 0.792 bits per heavy atom. The van der Waals surface area contributed by atoms with E-state index in [0.717, 1.165) is 0 Å². The Kier molecular flexibility index (Phi) is 4.31. The van der Waals surface area contributed by atoms with E-state index in [1.54, 1.807) is 54.6 Å². The van der Waals surface area contributed by atoms with Crippen molar-refractivity contribution in [3.8, 4) is 11.5 Å². The van der Waals surface area contributed by atoms with Gasteiger partial charge >= 0.3 is 0 Å². The molecule has 3 aromatic carbocycles. The van der Waals surface area contributed by atoms with Crippen molar-refractivity contribution in [2.75, 3.05) is 0 Å². The number of hydrogen-bond acceptors (Lipinski definition) is 3. The largest absolute Gasteiger partial charge is 0.457 e. The molecule has 3 N–H and O–H groups in total. The van der Waals surface area contributed by atoms with Crippen LogP contribution >= 0.6 is 0 Å². The molecular weight excluding hydrogens is 302 g/mol. The van der Waals surface area contributed by atoms with Gasteiger partial charge in [-0.05, 0) is 29.8 Å². The van der Waals surface area contributed by atoms with Gasteiger partial charge in [-0.25, -0.2) is 0 Å². The van der Waals surface area contributed by atoms with E-state index in [4.69, 9.17) is 10.5 Å². The summed E-state index contributed by atoms with van der Waals surface area (Å²) in [4.78, 5) is 12.0. The van der Waals surface area contributed by atoms with Crippen LogP contribution in [0, 0.1) is 0 Å². The summed E-state index contributed by atoms with van der Waals surface area (Å²) in [6, 6.07) is 24.6. The van der Waals surface area contributed by atoms with Gasteiger partial charge in [0.1, 0.15) is 11.5 Å². The zero-order valence-electron chi connectivity index (χ0n) is 12.9. The van der Waals surface area contributed by atoms with Crippen LogP contribution in [0.15, 0.2) is 84.9 Å². The predicted molar refractivity (Wildman–Crippen MR) is 91.6 cm³/mol. The van der Waals surface area contributed by atoms with Gasteiger partial charge in [0.25, 0.3) is 5.91 Å². The molecular formula is C20H17NO3. The number of carbonyl (C=O) groups is 1. The molecule has 1 amide bonds. The van der Waals surface area contributed by atoms with Crippen LogP contribution in [0.3, 0.4) is 0 Å². The summed E-state index contributed by atoms with van der Waals surface area (Å²) < 4.78 is 5.77. The van der Waals surface area contributed by atoms with Gasteiger partial charge in [0.05, 0.1) is 0 Å². The zero-order chi connectivity index (χ0) is 17.0. The second-order valence-corrected chi connectivity index (χ2v) is 5.38. The van der Waals surface area contributed by atoms with Crippen LogP contribution in [0.4, 0.5) is 0 Å². The molecule has 0 aliphatic carbocycles. The lowest BCUT2D eigenvalue weighted by atomic mass is 9.85. The minimum absolute atomic E-state index is 0.356. The Morgan fingerprint density at radius 3 is 1.96 bits per heavy atom. The van der Waals surface area contributed by atoms with Crippen LogP contribution in [0.1, 0.15) is 11.1 Å². The van der Waals surface area contributed by atoms with Crippen LogP contribution in [0.25, 0.3) is 0 Å². The summed E-state index contributed by atoms with van der Waals surface area (Å²) in [5.74, 6) is 0.330. The molecule has 0 radical (unpaired) electrons. The summed E-state index contributed by atoms with van der Waals surface area (Å²) in [5, 5.41) is 11.0. The molecule has 0 saturated carbocycles. The van der Waals surface area contributed by atoms with E-state index < -0.39 is 11.5 Å². The van der Waals surface area contributed by atoms with Crippen LogP contribution in [0.5, 0.6) is 11.5 Å². The minimum Gasteiger partial charge on any atom is -0.457 e. The monoisotopic (exact) mass is 319 g/mol. The predicted octanol–water partition coefficient (Wildman–Crippen LogP) is 3.20. The van der Waals surface area contributed by atoms with E-state index in [9.17, 15) is 9.90 Å². The van der Waals surface area contributed by atoms with Crippen molar-refractivity contribution in [1.82, 2.24) is 0 Å². The van der Waals surface area contributed by atoms with E-state index in [-0.39, 0.29) is 0 Å². The second kappa shape index (κ2) is 6.56. The quantitative estimate of drug-likeness (QED) is 0.758. The first-order valence-electron chi connectivity index (χ1n) is 7.52. The topological polar surface area (TPSA) is 72.6 Å². The summed E-state index contributed by atoms with van der Waals surface area (Å²) in [6.07, 6.45) is 0. The van der Waals surface area contributed by atoms with Crippen LogP contribution in [0.2, 0.25) is 0 Å². The van der Waals surface area contributed by atoms with Crippen molar-refractivity contribution in [3.05, 3.63) is 96.1 Å². The highest BCUT2D eigenvalue weighted by molar-refractivity contribution is 5.88. The van der Waals surface area contributed by atoms with Gasteiger partial charge in [0.15, 0.2) is 5.60 Å². The van der Waals surface area contributed by atoms with Gasteiger partial charge in [-0.1, -0.05) is 60.7 Å². The number of benzene rings is 3. The number of rotatable bonds is 5. The maximum Gasteiger partial charge on any atom is 0.258 e. The lowest BCUT2D eigenvalue weighted by molar-refractivity contribution is -0.133. The Morgan fingerprint density at radius 2 is 1.33 bits per heavy atom. The smallest absolute Gasteiger partial charge is 0.258 e. The Bertz CT molecular complexity index is 834. The van der Waals surface area contributed by atoms with Gasteiger partial charge in [-0.15, -0.1) is 0 Å². The number of para-hydroxylation sites is 1. The van der Waals surface area contributed by atoms with Gasteiger partial charge in [-0.2, -0.15) is 0 Å². The van der Waals surface area contributed by atoms with Crippen molar-refractivity contribution < 1.29 is 14.6 Å². The summed E-state index contributed by atoms with van der Waals surface area (Å²) in [5.41, 5.74) is 4.36. The number of ether oxygens (including phenoxy) is 1. The molecule has 24 heavy (non-hydrogen) atoms. The Labute approximate surface area is 140 Å². The first-order valence-corrected chi connectivity index (χ1v) is 7.52. The second-order valence-electron chi connectivity index (χ2n) is 5.38. The van der Waals surface area contributed by atoms with Crippen molar-refractivity contribution in [1.29, 1.82) is 0 Å². The van der Waals surface area contributed by atoms with Crippen molar-refractivity contribution >= 4 is 5.91 Å². The maximum absolute atomic E-state index is 12.0. The molecule has 3 aromatic rings. The molecule has 120 valence electrons. The van der Waals surface area contributed by atoms with E-state index in [1.807, 2.05) is 30.3 Å². The SMILES string of the molecule is NC(=O)C(O)(c1ccccc1)c1cccc(Oc2ccccc2)c1. The van der Waals surface area contributed by atoms with Crippen LogP contribution < -0.4 is 10.5 Å². The maximum atomic E-state index is 12.0. The summed E-state index contributed by atoms with van der Waals surface area (Å²) in [7, 11) is 0. The molecule has 1 unspecified atom stereocenters. The lowest BCUT2D eigenvalue weighted by Gasteiger charge is -2.26. The standard InChI is InChI=1S/C20H17NO3/c21-19(22)20(23,15-8-3-1-4-9-15)16-10-7-13-18(14-16)24-17-11-5-2-6-12-17/h1-14,23H,(H2,21,22). The first kappa shape index (κ1) is 15.8. The number of aliphatic hydroxyl groups is 1. The molecule has 3 rings (SSSR count). The normalized spacial score (nSPS) is 13.0. The highest BCUT2D eigenvalue weighted by atomic mass is 16.5.